The van der Waals surface area contributed by atoms with Crippen LogP contribution in [0.5, 0.6) is 0 Å². The molecule has 0 unspecified atom stereocenters. The molecule has 9 heteroatoms. The van der Waals surface area contributed by atoms with Crippen molar-refractivity contribution in [3.63, 3.8) is 0 Å². The van der Waals surface area contributed by atoms with Gasteiger partial charge in [-0.1, -0.05) is 22.0 Å². The van der Waals surface area contributed by atoms with Crippen LogP contribution < -0.4 is 5.32 Å². The molecule has 0 radical (unpaired) electrons. The second-order valence-corrected chi connectivity index (χ2v) is 5.56. The Kier molecular flexibility index (Phi) is 4.30. The highest BCUT2D eigenvalue weighted by Gasteiger charge is 2.18. The van der Waals surface area contributed by atoms with Crippen LogP contribution in [0.3, 0.4) is 0 Å². The fraction of sp³-hybridized carbons (Fsp3) is 0.200. The van der Waals surface area contributed by atoms with Crippen LogP contribution in [-0.2, 0) is 6.54 Å². The Morgan fingerprint density at radius 1 is 1.38 bits per heavy atom. The van der Waals surface area contributed by atoms with Gasteiger partial charge in [0.2, 0.25) is 0 Å². The SMILES string of the molecule is Cc1cc(CNC(=O)c2nnn(-c3ccc(F)c(Cl)c3)c2C)on1. The normalized spacial score (nSPS) is 10.8. The van der Waals surface area contributed by atoms with Gasteiger partial charge in [-0.05, 0) is 32.0 Å². The van der Waals surface area contributed by atoms with E-state index in [9.17, 15) is 9.18 Å². The van der Waals surface area contributed by atoms with Crippen LogP contribution in [0.15, 0.2) is 28.8 Å². The molecule has 1 aromatic carbocycles. The number of halogens is 2. The van der Waals surface area contributed by atoms with E-state index in [1.165, 1.54) is 22.9 Å². The number of aryl methyl sites for hydroxylation is 1. The molecular weight excluding hydrogens is 337 g/mol. The van der Waals surface area contributed by atoms with Crippen molar-refractivity contribution in [3.8, 4) is 5.69 Å². The Morgan fingerprint density at radius 2 is 2.17 bits per heavy atom. The first-order valence-electron chi connectivity index (χ1n) is 7.04. The molecule has 3 aromatic rings. The van der Waals surface area contributed by atoms with E-state index >= 15 is 0 Å². The summed E-state index contributed by atoms with van der Waals surface area (Å²) < 4.78 is 19.7. The zero-order valence-corrected chi connectivity index (χ0v) is 13.6. The summed E-state index contributed by atoms with van der Waals surface area (Å²) in [4.78, 5) is 12.2. The summed E-state index contributed by atoms with van der Waals surface area (Å²) in [6.07, 6.45) is 0. The molecule has 0 saturated heterocycles. The van der Waals surface area contributed by atoms with E-state index in [2.05, 4.69) is 20.8 Å². The molecule has 0 aliphatic carbocycles. The molecule has 2 heterocycles. The van der Waals surface area contributed by atoms with Crippen LogP contribution in [0.25, 0.3) is 5.69 Å². The number of nitrogens with one attached hydrogen (secondary N) is 1. The highest BCUT2D eigenvalue weighted by molar-refractivity contribution is 6.30. The monoisotopic (exact) mass is 349 g/mol. The predicted octanol–water partition coefficient (Wildman–Crippen LogP) is 2.59. The van der Waals surface area contributed by atoms with Crippen LogP contribution in [0.1, 0.15) is 27.6 Å². The van der Waals surface area contributed by atoms with Gasteiger partial charge < -0.3 is 9.84 Å². The van der Waals surface area contributed by atoms with E-state index in [4.69, 9.17) is 16.1 Å². The molecule has 0 spiro atoms. The zero-order valence-electron chi connectivity index (χ0n) is 12.9. The van der Waals surface area contributed by atoms with Crippen molar-refractivity contribution in [2.24, 2.45) is 0 Å². The number of hydrogen-bond donors (Lipinski definition) is 1. The van der Waals surface area contributed by atoms with Crippen LogP contribution >= 0.6 is 11.6 Å². The van der Waals surface area contributed by atoms with Crippen molar-refractivity contribution in [3.05, 3.63) is 57.9 Å². The molecule has 24 heavy (non-hydrogen) atoms. The standard InChI is InChI=1S/C15H13ClFN5O2/c1-8-5-11(24-20-8)7-18-15(23)14-9(2)22(21-19-14)10-3-4-13(17)12(16)6-10/h3-6H,7H2,1-2H3,(H,18,23). The summed E-state index contributed by atoms with van der Waals surface area (Å²) in [6.45, 7) is 3.66. The molecule has 0 atom stereocenters. The number of carbonyl (C=O) groups excluding carboxylic acids is 1. The summed E-state index contributed by atoms with van der Waals surface area (Å²) in [5.74, 6) is -0.393. The molecule has 3 rings (SSSR count). The van der Waals surface area contributed by atoms with Gasteiger partial charge in [0.1, 0.15) is 5.82 Å². The maximum atomic E-state index is 13.3. The lowest BCUT2D eigenvalue weighted by molar-refractivity contribution is 0.0941. The summed E-state index contributed by atoms with van der Waals surface area (Å²) in [7, 11) is 0. The number of carbonyl (C=O) groups is 1. The number of aromatic nitrogens is 4. The van der Waals surface area contributed by atoms with Crippen LogP contribution in [0.2, 0.25) is 5.02 Å². The smallest absolute Gasteiger partial charge is 0.274 e. The summed E-state index contributed by atoms with van der Waals surface area (Å²) >= 11 is 5.77. The second kappa shape index (κ2) is 6.40. The first-order chi connectivity index (χ1) is 11.5. The van der Waals surface area contributed by atoms with Gasteiger partial charge in [0.15, 0.2) is 11.5 Å². The van der Waals surface area contributed by atoms with Gasteiger partial charge in [-0.2, -0.15) is 0 Å². The van der Waals surface area contributed by atoms with Crippen molar-refractivity contribution in [1.29, 1.82) is 0 Å². The zero-order chi connectivity index (χ0) is 17.3. The Hall–Kier alpha value is -2.74. The number of amides is 1. The Labute approximate surface area is 141 Å². The van der Waals surface area contributed by atoms with Crippen molar-refractivity contribution >= 4 is 17.5 Å². The van der Waals surface area contributed by atoms with Crippen LogP contribution in [0.4, 0.5) is 4.39 Å². The average molecular weight is 350 g/mol. The Balaban J connectivity index is 1.78. The van der Waals surface area contributed by atoms with Gasteiger partial charge in [0.05, 0.1) is 28.6 Å². The lowest BCUT2D eigenvalue weighted by Gasteiger charge is -2.05. The van der Waals surface area contributed by atoms with Crippen molar-refractivity contribution in [1.82, 2.24) is 25.5 Å². The molecule has 0 aliphatic heterocycles. The number of benzene rings is 1. The van der Waals surface area contributed by atoms with E-state index in [0.29, 0.717) is 17.1 Å². The third-order valence-electron chi connectivity index (χ3n) is 3.36. The van der Waals surface area contributed by atoms with E-state index in [1.54, 1.807) is 19.9 Å². The first kappa shape index (κ1) is 16.1. The molecule has 2 aromatic heterocycles. The average Bonchev–Trinajstić information content (AvgIpc) is 3.14. The van der Waals surface area contributed by atoms with Gasteiger partial charge in [-0.15, -0.1) is 5.10 Å². The highest BCUT2D eigenvalue weighted by Crippen LogP contribution is 2.20. The molecule has 124 valence electrons. The third-order valence-corrected chi connectivity index (χ3v) is 3.65. The number of nitrogens with zero attached hydrogens (tertiary/aromatic N) is 4. The lowest BCUT2D eigenvalue weighted by atomic mass is 10.2. The number of rotatable bonds is 4. The minimum atomic E-state index is -0.529. The van der Waals surface area contributed by atoms with Gasteiger partial charge in [-0.3, -0.25) is 4.79 Å². The fourth-order valence-corrected chi connectivity index (χ4v) is 2.33. The molecule has 1 N–H and O–H groups in total. The van der Waals surface area contributed by atoms with Gasteiger partial charge >= 0.3 is 0 Å². The molecule has 7 nitrogen and oxygen atoms in total. The molecule has 1 amide bonds. The molecule has 0 fully saturated rings. The molecular formula is C15H13ClFN5O2. The Morgan fingerprint density at radius 3 is 2.83 bits per heavy atom. The summed E-state index contributed by atoms with van der Waals surface area (Å²) in [5.41, 5.74) is 1.90. The first-order valence-corrected chi connectivity index (χ1v) is 7.41. The lowest BCUT2D eigenvalue weighted by Crippen LogP contribution is -2.23. The summed E-state index contributed by atoms with van der Waals surface area (Å²) in [5, 5.41) is 14.2. The third kappa shape index (κ3) is 3.13. The van der Waals surface area contributed by atoms with Crippen LogP contribution in [0, 0.1) is 19.7 Å². The van der Waals surface area contributed by atoms with Crippen molar-refractivity contribution in [2.45, 2.75) is 20.4 Å². The summed E-state index contributed by atoms with van der Waals surface area (Å²) in [6, 6.07) is 5.87. The molecule has 0 bridgehead atoms. The number of hydrogen-bond acceptors (Lipinski definition) is 5. The maximum Gasteiger partial charge on any atom is 0.274 e. The highest BCUT2D eigenvalue weighted by atomic mass is 35.5. The predicted molar refractivity (Wildman–Crippen MR) is 83.5 cm³/mol. The van der Waals surface area contributed by atoms with E-state index in [1.807, 2.05) is 0 Å². The van der Waals surface area contributed by atoms with Crippen molar-refractivity contribution < 1.29 is 13.7 Å². The minimum absolute atomic E-state index is 0.0332. The molecule has 0 aliphatic rings. The van der Waals surface area contributed by atoms with Crippen molar-refractivity contribution in [2.75, 3.05) is 0 Å². The minimum Gasteiger partial charge on any atom is -0.359 e. The van der Waals surface area contributed by atoms with E-state index in [0.717, 1.165) is 5.69 Å². The van der Waals surface area contributed by atoms with E-state index in [-0.39, 0.29) is 17.3 Å². The van der Waals surface area contributed by atoms with Gasteiger partial charge in [-0.25, -0.2) is 9.07 Å². The molecule has 0 saturated carbocycles. The van der Waals surface area contributed by atoms with E-state index < -0.39 is 11.7 Å². The van der Waals surface area contributed by atoms with Crippen LogP contribution in [-0.4, -0.2) is 26.1 Å². The Bertz CT molecular complexity index is 905. The second-order valence-electron chi connectivity index (χ2n) is 5.15. The maximum absolute atomic E-state index is 13.3. The fourth-order valence-electron chi connectivity index (χ4n) is 2.15. The quantitative estimate of drug-likeness (QED) is 0.782. The topological polar surface area (TPSA) is 85.8 Å². The largest absolute Gasteiger partial charge is 0.359 e. The van der Waals surface area contributed by atoms with Gasteiger partial charge in [0.25, 0.3) is 5.91 Å². The van der Waals surface area contributed by atoms with Gasteiger partial charge in [0, 0.05) is 6.07 Å².